The summed E-state index contributed by atoms with van der Waals surface area (Å²) in [6.07, 6.45) is 3.11. The quantitative estimate of drug-likeness (QED) is 0.747. The zero-order valence-corrected chi connectivity index (χ0v) is 8.90. The Kier molecular flexibility index (Phi) is 4.17. The van der Waals surface area contributed by atoms with E-state index in [-0.39, 0.29) is 5.91 Å². The second-order valence-corrected chi connectivity index (χ2v) is 3.44. The van der Waals surface area contributed by atoms with Crippen molar-refractivity contribution >= 4 is 5.91 Å². The predicted molar refractivity (Wildman–Crippen MR) is 55.4 cm³/mol. The van der Waals surface area contributed by atoms with E-state index in [2.05, 4.69) is 15.3 Å². The minimum Gasteiger partial charge on any atom is -0.393 e. The van der Waals surface area contributed by atoms with Crippen LogP contribution in [0.15, 0.2) is 12.4 Å². The SMILES string of the molecule is Cc1cnc(C(=O)NCCC(C)O)cn1. The molecule has 5 heteroatoms. The number of rotatable bonds is 4. The van der Waals surface area contributed by atoms with Gasteiger partial charge in [-0.2, -0.15) is 0 Å². The van der Waals surface area contributed by atoms with Crippen LogP contribution in [0.3, 0.4) is 0 Å². The molecular formula is C10H15N3O2. The molecule has 15 heavy (non-hydrogen) atoms. The summed E-state index contributed by atoms with van der Waals surface area (Å²) in [4.78, 5) is 19.4. The molecule has 0 bridgehead atoms. The third-order valence-corrected chi connectivity index (χ3v) is 1.86. The number of aliphatic hydroxyl groups excluding tert-OH is 1. The van der Waals surface area contributed by atoms with Crippen LogP contribution in [0.4, 0.5) is 0 Å². The summed E-state index contributed by atoms with van der Waals surface area (Å²) < 4.78 is 0. The number of aliphatic hydroxyl groups is 1. The fourth-order valence-corrected chi connectivity index (χ4v) is 0.995. The highest BCUT2D eigenvalue weighted by Crippen LogP contribution is 1.94. The van der Waals surface area contributed by atoms with Crippen LogP contribution in [0.25, 0.3) is 0 Å². The van der Waals surface area contributed by atoms with Crippen LogP contribution in [0.2, 0.25) is 0 Å². The molecule has 2 N–H and O–H groups in total. The number of nitrogens with zero attached hydrogens (tertiary/aromatic N) is 2. The van der Waals surface area contributed by atoms with E-state index in [1.54, 1.807) is 13.1 Å². The molecule has 0 aromatic carbocycles. The van der Waals surface area contributed by atoms with Gasteiger partial charge in [0.25, 0.3) is 5.91 Å². The monoisotopic (exact) mass is 209 g/mol. The van der Waals surface area contributed by atoms with Crippen molar-refractivity contribution in [2.45, 2.75) is 26.4 Å². The summed E-state index contributed by atoms with van der Waals surface area (Å²) in [7, 11) is 0. The van der Waals surface area contributed by atoms with Gasteiger partial charge in [-0.15, -0.1) is 0 Å². The average Bonchev–Trinajstić information content (AvgIpc) is 2.18. The van der Waals surface area contributed by atoms with E-state index in [0.29, 0.717) is 18.7 Å². The molecule has 0 aliphatic rings. The maximum Gasteiger partial charge on any atom is 0.271 e. The molecule has 1 amide bonds. The van der Waals surface area contributed by atoms with E-state index in [1.165, 1.54) is 6.20 Å². The zero-order valence-electron chi connectivity index (χ0n) is 8.90. The van der Waals surface area contributed by atoms with Crippen LogP contribution in [-0.2, 0) is 0 Å². The Morgan fingerprint density at radius 1 is 1.53 bits per heavy atom. The van der Waals surface area contributed by atoms with E-state index in [9.17, 15) is 4.79 Å². The minimum atomic E-state index is -0.408. The van der Waals surface area contributed by atoms with Crippen molar-refractivity contribution < 1.29 is 9.90 Å². The Hall–Kier alpha value is -1.49. The lowest BCUT2D eigenvalue weighted by Gasteiger charge is -2.05. The van der Waals surface area contributed by atoms with Gasteiger partial charge in [0.05, 0.1) is 18.0 Å². The van der Waals surface area contributed by atoms with Gasteiger partial charge in [-0.25, -0.2) is 4.98 Å². The van der Waals surface area contributed by atoms with Gasteiger partial charge >= 0.3 is 0 Å². The van der Waals surface area contributed by atoms with Crippen LogP contribution < -0.4 is 5.32 Å². The van der Waals surface area contributed by atoms with Gasteiger partial charge in [-0.05, 0) is 20.3 Å². The number of aryl methyl sites for hydroxylation is 1. The summed E-state index contributed by atoms with van der Waals surface area (Å²) >= 11 is 0. The molecule has 5 nitrogen and oxygen atoms in total. The fraction of sp³-hybridized carbons (Fsp3) is 0.500. The van der Waals surface area contributed by atoms with Crippen molar-refractivity contribution in [1.29, 1.82) is 0 Å². The standard InChI is InChI=1S/C10H15N3O2/c1-7-5-13-9(6-12-7)10(15)11-4-3-8(2)14/h5-6,8,14H,3-4H2,1-2H3,(H,11,15). The summed E-state index contributed by atoms with van der Waals surface area (Å²) in [6, 6.07) is 0. The smallest absolute Gasteiger partial charge is 0.271 e. The number of amides is 1. The molecule has 0 spiro atoms. The summed E-state index contributed by atoms with van der Waals surface area (Å²) in [5.41, 5.74) is 1.07. The number of nitrogens with one attached hydrogen (secondary N) is 1. The van der Waals surface area contributed by atoms with Gasteiger partial charge in [0.1, 0.15) is 5.69 Å². The topological polar surface area (TPSA) is 75.1 Å². The third kappa shape index (κ3) is 4.03. The van der Waals surface area contributed by atoms with Gasteiger partial charge in [-0.1, -0.05) is 0 Å². The molecule has 1 rings (SSSR count). The Labute approximate surface area is 88.6 Å². The molecule has 0 fully saturated rings. The molecule has 1 atom stereocenters. The average molecular weight is 209 g/mol. The van der Waals surface area contributed by atoms with Gasteiger partial charge < -0.3 is 10.4 Å². The van der Waals surface area contributed by atoms with Crippen LogP contribution in [0, 0.1) is 6.92 Å². The summed E-state index contributed by atoms with van der Waals surface area (Å²) in [5, 5.41) is 11.6. The first-order valence-corrected chi connectivity index (χ1v) is 4.84. The van der Waals surface area contributed by atoms with Gasteiger partial charge in [0.15, 0.2) is 0 Å². The third-order valence-electron chi connectivity index (χ3n) is 1.86. The normalized spacial score (nSPS) is 12.2. The molecule has 0 saturated carbocycles. The Balaban J connectivity index is 2.43. The molecule has 0 aliphatic heterocycles. The largest absolute Gasteiger partial charge is 0.393 e. The summed E-state index contributed by atoms with van der Waals surface area (Å²) in [5.74, 6) is -0.261. The first-order valence-electron chi connectivity index (χ1n) is 4.84. The molecule has 0 radical (unpaired) electrons. The van der Waals surface area contributed by atoms with Crippen molar-refractivity contribution in [3.05, 3.63) is 23.8 Å². The van der Waals surface area contributed by atoms with Crippen LogP contribution >= 0.6 is 0 Å². The first kappa shape index (κ1) is 11.6. The highest BCUT2D eigenvalue weighted by atomic mass is 16.3. The highest BCUT2D eigenvalue weighted by molar-refractivity contribution is 5.91. The molecular weight excluding hydrogens is 194 g/mol. The number of carbonyl (C=O) groups is 1. The molecule has 1 heterocycles. The minimum absolute atomic E-state index is 0.261. The molecule has 1 aromatic heterocycles. The van der Waals surface area contributed by atoms with E-state index >= 15 is 0 Å². The maximum absolute atomic E-state index is 11.4. The van der Waals surface area contributed by atoms with Gasteiger partial charge in [-0.3, -0.25) is 9.78 Å². The number of carbonyl (C=O) groups excluding carboxylic acids is 1. The fourth-order valence-electron chi connectivity index (χ4n) is 0.995. The molecule has 1 aromatic rings. The lowest BCUT2D eigenvalue weighted by Crippen LogP contribution is -2.27. The number of hydrogen-bond acceptors (Lipinski definition) is 4. The number of hydrogen-bond donors (Lipinski definition) is 2. The van der Waals surface area contributed by atoms with Crippen LogP contribution in [0.1, 0.15) is 29.5 Å². The van der Waals surface area contributed by atoms with Crippen molar-refractivity contribution in [3.63, 3.8) is 0 Å². The van der Waals surface area contributed by atoms with Crippen molar-refractivity contribution in [1.82, 2.24) is 15.3 Å². The lowest BCUT2D eigenvalue weighted by atomic mass is 10.3. The Morgan fingerprint density at radius 2 is 2.27 bits per heavy atom. The van der Waals surface area contributed by atoms with Crippen molar-refractivity contribution in [2.75, 3.05) is 6.54 Å². The molecule has 1 unspecified atom stereocenters. The van der Waals surface area contributed by atoms with E-state index in [1.807, 2.05) is 6.92 Å². The van der Waals surface area contributed by atoms with E-state index in [4.69, 9.17) is 5.11 Å². The first-order chi connectivity index (χ1) is 7.09. The second-order valence-electron chi connectivity index (χ2n) is 3.44. The van der Waals surface area contributed by atoms with Crippen LogP contribution in [0.5, 0.6) is 0 Å². The molecule has 0 saturated heterocycles. The molecule has 0 aliphatic carbocycles. The van der Waals surface area contributed by atoms with Gasteiger partial charge in [0.2, 0.25) is 0 Å². The number of aromatic nitrogens is 2. The Morgan fingerprint density at radius 3 is 2.80 bits per heavy atom. The maximum atomic E-state index is 11.4. The van der Waals surface area contributed by atoms with Crippen LogP contribution in [-0.4, -0.2) is 33.6 Å². The van der Waals surface area contributed by atoms with Crippen molar-refractivity contribution in [2.24, 2.45) is 0 Å². The predicted octanol–water partition coefficient (Wildman–Crippen LogP) is 0.286. The van der Waals surface area contributed by atoms with Crippen molar-refractivity contribution in [3.8, 4) is 0 Å². The van der Waals surface area contributed by atoms with E-state index in [0.717, 1.165) is 5.69 Å². The summed E-state index contributed by atoms with van der Waals surface area (Å²) in [6.45, 7) is 3.92. The zero-order chi connectivity index (χ0) is 11.3. The molecule has 82 valence electrons. The second kappa shape index (κ2) is 5.41. The van der Waals surface area contributed by atoms with Gasteiger partial charge in [0, 0.05) is 12.7 Å². The highest BCUT2D eigenvalue weighted by Gasteiger charge is 2.06. The Bertz CT molecular complexity index is 322. The van der Waals surface area contributed by atoms with E-state index < -0.39 is 6.10 Å². The lowest BCUT2D eigenvalue weighted by molar-refractivity contribution is 0.0940.